The second-order valence-electron chi connectivity index (χ2n) is 7.05. The van der Waals surface area contributed by atoms with Gasteiger partial charge >= 0.3 is 0 Å². The van der Waals surface area contributed by atoms with Crippen molar-refractivity contribution in [1.29, 1.82) is 0 Å². The monoisotopic (exact) mass is 410 g/mol. The molecule has 146 valence electrons. The van der Waals surface area contributed by atoms with Crippen molar-refractivity contribution >= 4 is 34.4 Å². The van der Waals surface area contributed by atoms with E-state index in [0.29, 0.717) is 0 Å². The van der Waals surface area contributed by atoms with Gasteiger partial charge in [-0.15, -0.1) is 34.4 Å². The van der Waals surface area contributed by atoms with Gasteiger partial charge in [-0.3, -0.25) is 0 Å². The van der Waals surface area contributed by atoms with Crippen molar-refractivity contribution < 1.29 is 0 Å². The van der Waals surface area contributed by atoms with Gasteiger partial charge in [-0.05, 0) is 32.9 Å². The molecule has 0 aromatic carbocycles. The van der Waals surface area contributed by atoms with Crippen LogP contribution in [-0.4, -0.2) is 15.7 Å². The second kappa shape index (κ2) is 12.1. The highest BCUT2D eigenvalue weighted by atomic mass is 32.2. The topological polar surface area (TPSA) is 25.8 Å². The SMILES string of the molecule is CCCCCCCCCCCCSc1nc(C)sc1-c1sc(C)nc1C. The Morgan fingerprint density at radius 3 is 1.81 bits per heavy atom. The maximum atomic E-state index is 4.78. The molecular weight excluding hydrogens is 376 g/mol. The van der Waals surface area contributed by atoms with E-state index < -0.39 is 0 Å². The van der Waals surface area contributed by atoms with E-state index in [9.17, 15) is 0 Å². The summed E-state index contributed by atoms with van der Waals surface area (Å²) in [4.78, 5) is 12.0. The molecule has 2 aromatic rings. The summed E-state index contributed by atoms with van der Waals surface area (Å²) < 4.78 is 0. The Balaban J connectivity index is 1.65. The average molecular weight is 411 g/mol. The first-order valence-corrected chi connectivity index (χ1v) is 12.8. The largest absolute Gasteiger partial charge is 0.246 e. The molecule has 0 amide bonds. The van der Waals surface area contributed by atoms with Gasteiger partial charge in [0.15, 0.2) is 0 Å². The lowest BCUT2D eigenvalue weighted by Gasteiger charge is -2.03. The number of rotatable bonds is 13. The van der Waals surface area contributed by atoms with E-state index in [0.717, 1.165) is 15.7 Å². The summed E-state index contributed by atoms with van der Waals surface area (Å²) in [6.45, 7) is 8.60. The zero-order valence-electron chi connectivity index (χ0n) is 16.9. The highest BCUT2D eigenvalue weighted by molar-refractivity contribution is 7.99. The molecule has 0 spiro atoms. The molecule has 2 nitrogen and oxygen atoms in total. The summed E-state index contributed by atoms with van der Waals surface area (Å²) in [7, 11) is 0. The number of thioether (sulfide) groups is 1. The number of aryl methyl sites for hydroxylation is 3. The van der Waals surface area contributed by atoms with Crippen LogP contribution in [0.1, 0.15) is 86.8 Å². The summed E-state index contributed by atoms with van der Waals surface area (Å²) in [5, 5.41) is 3.53. The van der Waals surface area contributed by atoms with Gasteiger partial charge in [-0.1, -0.05) is 64.7 Å². The van der Waals surface area contributed by atoms with Crippen LogP contribution < -0.4 is 0 Å². The standard InChI is InChI=1S/C21H34N2S3/c1-5-6-7-8-9-10-11-12-13-14-15-24-21-20(26-18(4)23-21)19-16(2)22-17(3)25-19/h5-15H2,1-4H3. The highest BCUT2D eigenvalue weighted by Gasteiger charge is 2.16. The second-order valence-corrected chi connectivity index (χ2v) is 10.5. The molecule has 0 saturated carbocycles. The highest BCUT2D eigenvalue weighted by Crippen LogP contribution is 2.40. The molecule has 0 atom stereocenters. The van der Waals surface area contributed by atoms with E-state index in [-0.39, 0.29) is 0 Å². The maximum Gasteiger partial charge on any atom is 0.116 e. The van der Waals surface area contributed by atoms with Gasteiger partial charge in [0.1, 0.15) is 5.03 Å². The molecule has 26 heavy (non-hydrogen) atoms. The predicted octanol–water partition coefficient (Wildman–Crippen LogP) is 8.20. The van der Waals surface area contributed by atoms with Crippen molar-refractivity contribution in [3.05, 3.63) is 15.7 Å². The lowest BCUT2D eigenvalue weighted by Crippen LogP contribution is -1.85. The molecule has 0 radical (unpaired) electrons. The van der Waals surface area contributed by atoms with Gasteiger partial charge in [-0.2, -0.15) is 0 Å². The van der Waals surface area contributed by atoms with E-state index in [2.05, 4.69) is 32.7 Å². The Hall–Kier alpha value is -0.390. The lowest BCUT2D eigenvalue weighted by atomic mass is 10.1. The van der Waals surface area contributed by atoms with Gasteiger partial charge in [0.2, 0.25) is 0 Å². The van der Waals surface area contributed by atoms with Crippen molar-refractivity contribution in [1.82, 2.24) is 9.97 Å². The van der Waals surface area contributed by atoms with Crippen molar-refractivity contribution in [3.63, 3.8) is 0 Å². The zero-order valence-corrected chi connectivity index (χ0v) is 19.3. The van der Waals surface area contributed by atoms with Crippen LogP contribution >= 0.6 is 34.4 Å². The summed E-state index contributed by atoms with van der Waals surface area (Å²) in [5.41, 5.74) is 1.15. The van der Waals surface area contributed by atoms with Gasteiger partial charge in [0.05, 0.1) is 25.5 Å². The Labute approximate surface area is 172 Å². The van der Waals surface area contributed by atoms with E-state index >= 15 is 0 Å². The molecule has 0 aliphatic rings. The van der Waals surface area contributed by atoms with Crippen molar-refractivity contribution in [2.45, 2.75) is 96.9 Å². The van der Waals surface area contributed by atoms with Gasteiger partial charge in [0, 0.05) is 0 Å². The van der Waals surface area contributed by atoms with Crippen LogP contribution in [0.3, 0.4) is 0 Å². The van der Waals surface area contributed by atoms with Crippen LogP contribution in [0.25, 0.3) is 9.75 Å². The molecule has 0 aliphatic carbocycles. The summed E-state index contributed by atoms with van der Waals surface area (Å²) in [6, 6.07) is 0. The molecule has 0 aliphatic heterocycles. The zero-order chi connectivity index (χ0) is 18.8. The van der Waals surface area contributed by atoms with Crippen molar-refractivity contribution in [2.24, 2.45) is 0 Å². The van der Waals surface area contributed by atoms with Crippen LogP contribution in [0, 0.1) is 20.8 Å². The summed E-state index contributed by atoms with van der Waals surface area (Å²) in [5.74, 6) is 1.18. The molecule has 5 heteroatoms. The van der Waals surface area contributed by atoms with Crippen molar-refractivity contribution in [3.8, 4) is 9.75 Å². The normalized spacial score (nSPS) is 11.4. The molecule has 0 N–H and O–H groups in total. The Morgan fingerprint density at radius 1 is 0.692 bits per heavy atom. The predicted molar refractivity (Wildman–Crippen MR) is 120 cm³/mol. The lowest BCUT2D eigenvalue weighted by molar-refractivity contribution is 0.563. The van der Waals surface area contributed by atoms with Crippen LogP contribution in [0.2, 0.25) is 0 Å². The van der Waals surface area contributed by atoms with Crippen LogP contribution in [0.5, 0.6) is 0 Å². The maximum absolute atomic E-state index is 4.78. The first-order chi connectivity index (χ1) is 12.6. The number of nitrogens with zero attached hydrogens (tertiary/aromatic N) is 2. The molecule has 2 heterocycles. The number of unbranched alkanes of at least 4 members (excludes halogenated alkanes) is 9. The fourth-order valence-electron chi connectivity index (χ4n) is 3.15. The first kappa shape index (κ1) is 21.9. The van der Waals surface area contributed by atoms with E-state index in [4.69, 9.17) is 4.98 Å². The molecule has 0 bridgehead atoms. The third-order valence-electron chi connectivity index (χ3n) is 4.55. The average Bonchev–Trinajstić information content (AvgIpc) is 3.13. The molecule has 2 rings (SSSR count). The molecule has 0 fully saturated rings. The number of aromatic nitrogens is 2. The van der Waals surface area contributed by atoms with Crippen LogP contribution in [0.15, 0.2) is 5.03 Å². The number of thiazole rings is 2. The fourth-order valence-corrected chi connectivity index (χ4v) is 6.47. The van der Waals surface area contributed by atoms with Crippen LogP contribution in [-0.2, 0) is 0 Å². The number of hydrogen-bond acceptors (Lipinski definition) is 5. The Kier molecular flexibility index (Phi) is 10.2. The third kappa shape index (κ3) is 7.32. The molecule has 2 aromatic heterocycles. The van der Waals surface area contributed by atoms with Gasteiger partial charge in [0.25, 0.3) is 0 Å². The Morgan fingerprint density at radius 2 is 1.23 bits per heavy atom. The van der Waals surface area contributed by atoms with Crippen LogP contribution in [0.4, 0.5) is 0 Å². The minimum atomic E-state index is 1.15. The van der Waals surface area contributed by atoms with Gasteiger partial charge < -0.3 is 0 Å². The van der Waals surface area contributed by atoms with E-state index in [1.54, 1.807) is 11.3 Å². The molecule has 0 saturated heterocycles. The number of hydrogen-bond donors (Lipinski definition) is 0. The third-order valence-corrected chi connectivity index (χ3v) is 7.95. The van der Waals surface area contributed by atoms with E-state index in [1.165, 1.54) is 84.7 Å². The molecule has 0 unspecified atom stereocenters. The summed E-state index contributed by atoms with van der Waals surface area (Å²) in [6.07, 6.45) is 14.0. The quantitative estimate of drug-likeness (QED) is 0.246. The minimum absolute atomic E-state index is 1.15. The van der Waals surface area contributed by atoms with Crippen molar-refractivity contribution in [2.75, 3.05) is 5.75 Å². The first-order valence-electron chi connectivity index (χ1n) is 10.2. The minimum Gasteiger partial charge on any atom is -0.246 e. The summed E-state index contributed by atoms with van der Waals surface area (Å²) >= 11 is 5.55. The van der Waals surface area contributed by atoms with E-state index in [1.807, 2.05) is 23.1 Å². The smallest absolute Gasteiger partial charge is 0.116 e. The Bertz CT molecular complexity index is 646. The van der Waals surface area contributed by atoms with Gasteiger partial charge in [-0.25, -0.2) is 9.97 Å². The fraction of sp³-hybridized carbons (Fsp3) is 0.714. The molecular formula is C21H34N2S3.